The molecule has 0 bridgehead atoms. The molecule has 0 aliphatic rings. The van der Waals surface area contributed by atoms with Crippen LogP contribution in [0.3, 0.4) is 0 Å². The van der Waals surface area contributed by atoms with Gasteiger partial charge in [0.1, 0.15) is 11.5 Å². The molecule has 106 valence electrons. The second kappa shape index (κ2) is 6.58. The van der Waals surface area contributed by atoms with Gasteiger partial charge in [-0.3, -0.25) is 4.99 Å². The lowest BCUT2D eigenvalue weighted by atomic mass is 10.1. The quantitative estimate of drug-likeness (QED) is 0.451. The fourth-order valence-electron chi connectivity index (χ4n) is 1.98. The molecule has 2 aromatic carbocycles. The number of aliphatic imine (C=N–C) groups is 1. The van der Waals surface area contributed by atoms with Gasteiger partial charge in [0.05, 0.1) is 23.5 Å². The topological polar surface area (TPSA) is 49.3 Å². The van der Waals surface area contributed by atoms with Crippen LogP contribution in [-0.2, 0) is 0 Å². The van der Waals surface area contributed by atoms with E-state index in [4.69, 9.17) is 9.68 Å². The second-order valence-corrected chi connectivity index (χ2v) is 5.87. The third-order valence-electron chi connectivity index (χ3n) is 3.07. The van der Waals surface area contributed by atoms with Gasteiger partial charge < -0.3 is 4.42 Å². The molecule has 0 spiro atoms. The van der Waals surface area contributed by atoms with Crippen LogP contribution in [0, 0.1) is 14.9 Å². The van der Waals surface area contributed by atoms with Crippen LogP contribution in [0.1, 0.15) is 11.3 Å². The fourth-order valence-corrected chi connectivity index (χ4v) is 2.51. The average Bonchev–Trinajstić information content (AvgIpc) is 3.02. The van der Waals surface area contributed by atoms with E-state index in [1.165, 1.54) is 0 Å². The van der Waals surface area contributed by atoms with Crippen LogP contribution in [0.5, 0.6) is 0 Å². The van der Waals surface area contributed by atoms with Gasteiger partial charge in [-0.2, -0.15) is 5.26 Å². The van der Waals surface area contributed by atoms with Crippen molar-refractivity contribution in [2.45, 2.75) is 0 Å². The maximum Gasteiger partial charge on any atom is 0.145 e. The Hall–Kier alpha value is -2.39. The van der Waals surface area contributed by atoms with Crippen molar-refractivity contribution in [1.82, 2.24) is 0 Å². The van der Waals surface area contributed by atoms with Gasteiger partial charge in [-0.05, 0) is 77.2 Å². The van der Waals surface area contributed by atoms with E-state index in [1.807, 2.05) is 48.5 Å². The predicted molar refractivity (Wildman–Crippen MR) is 95.3 cm³/mol. The van der Waals surface area contributed by atoms with Gasteiger partial charge in [0, 0.05) is 9.13 Å². The molecule has 22 heavy (non-hydrogen) atoms. The Labute approximate surface area is 142 Å². The molecule has 3 rings (SSSR count). The lowest BCUT2D eigenvalue weighted by Gasteiger charge is -1.96. The molecule has 3 aromatic rings. The summed E-state index contributed by atoms with van der Waals surface area (Å²) in [5.41, 5.74) is 2.46. The Balaban J connectivity index is 1.80. The standard InChI is InChI=1S/C18H11IN2O/c19-15-2-1-3-16(10-15)21-12-17-8-9-18(22-17)14-6-4-13(11-20)5-7-14/h1-10,12H. The first-order valence-electron chi connectivity index (χ1n) is 6.64. The fraction of sp³-hybridized carbons (Fsp3) is 0. The molecule has 0 N–H and O–H groups in total. The first-order valence-corrected chi connectivity index (χ1v) is 7.72. The van der Waals surface area contributed by atoms with Gasteiger partial charge >= 0.3 is 0 Å². The van der Waals surface area contributed by atoms with Crippen LogP contribution in [0.25, 0.3) is 11.3 Å². The molecule has 4 heteroatoms. The largest absolute Gasteiger partial charge is 0.455 e. The zero-order valence-corrected chi connectivity index (χ0v) is 13.7. The number of rotatable bonds is 3. The van der Waals surface area contributed by atoms with Gasteiger partial charge in [0.15, 0.2) is 0 Å². The number of hydrogen-bond donors (Lipinski definition) is 0. The first-order chi connectivity index (χ1) is 10.7. The van der Waals surface area contributed by atoms with Crippen LogP contribution in [0.4, 0.5) is 5.69 Å². The van der Waals surface area contributed by atoms with Crippen molar-refractivity contribution in [2.24, 2.45) is 4.99 Å². The van der Waals surface area contributed by atoms with Crippen LogP contribution < -0.4 is 0 Å². The summed E-state index contributed by atoms with van der Waals surface area (Å²) in [6, 6.07) is 21.1. The lowest BCUT2D eigenvalue weighted by Crippen LogP contribution is -1.77. The van der Waals surface area contributed by atoms with Gasteiger partial charge in [-0.1, -0.05) is 6.07 Å². The van der Waals surface area contributed by atoms with Crippen LogP contribution in [0.2, 0.25) is 0 Å². The summed E-state index contributed by atoms with van der Waals surface area (Å²) in [5, 5.41) is 8.81. The summed E-state index contributed by atoms with van der Waals surface area (Å²) >= 11 is 2.26. The van der Waals surface area contributed by atoms with Crippen molar-refractivity contribution >= 4 is 34.5 Å². The summed E-state index contributed by atoms with van der Waals surface area (Å²) in [6.07, 6.45) is 1.71. The minimum absolute atomic E-state index is 0.635. The Kier molecular flexibility index (Phi) is 4.35. The van der Waals surface area contributed by atoms with E-state index >= 15 is 0 Å². The van der Waals surface area contributed by atoms with Crippen LogP contribution >= 0.6 is 22.6 Å². The van der Waals surface area contributed by atoms with E-state index in [-0.39, 0.29) is 0 Å². The first kappa shape index (κ1) is 14.5. The Morgan fingerprint density at radius 2 is 1.86 bits per heavy atom. The molecule has 1 heterocycles. The molecule has 3 nitrogen and oxygen atoms in total. The molecule has 0 amide bonds. The van der Waals surface area contributed by atoms with E-state index in [0.29, 0.717) is 11.3 Å². The highest BCUT2D eigenvalue weighted by atomic mass is 127. The van der Waals surface area contributed by atoms with E-state index in [9.17, 15) is 0 Å². The smallest absolute Gasteiger partial charge is 0.145 e. The Morgan fingerprint density at radius 1 is 1.05 bits per heavy atom. The minimum atomic E-state index is 0.635. The highest BCUT2D eigenvalue weighted by molar-refractivity contribution is 14.1. The SMILES string of the molecule is N#Cc1ccc(-c2ccc(C=Nc3cccc(I)c3)o2)cc1. The monoisotopic (exact) mass is 398 g/mol. The summed E-state index contributed by atoms with van der Waals surface area (Å²) in [7, 11) is 0. The third kappa shape index (κ3) is 3.43. The van der Waals surface area contributed by atoms with Gasteiger partial charge in [-0.25, -0.2) is 0 Å². The normalized spacial score (nSPS) is 10.7. The predicted octanol–water partition coefficient (Wildman–Crippen LogP) is 5.17. The van der Waals surface area contributed by atoms with Crippen molar-refractivity contribution in [2.75, 3.05) is 0 Å². The maximum atomic E-state index is 8.81. The molecule has 0 unspecified atom stereocenters. The molecular formula is C18H11IN2O. The number of halogens is 1. The zero-order chi connectivity index (χ0) is 15.4. The molecule has 0 saturated heterocycles. The highest BCUT2D eigenvalue weighted by Crippen LogP contribution is 2.22. The van der Waals surface area contributed by atoms with E-state index in [1.54, 1.807) is 18.3 Å². The molecule has 0 radical (unpaired) electrons. The second-order valence-electron chi connectivity index (χ2n) is 4.63. The summed E-state index contributed by atoms with van der Waals surface area (Å²) in [6.45, 7) is 0. The van der Waals surface area contributed by atoms with Crippen LogP contribution in [0.15, 0.2) is 70.1 Å². The maximum absolute atomic E-state index is 8.81. The average molecular weight is 398 g/mol. The summed E-state index contributed by atoms with van der Waals surface area (Å²) in [5.74, 6) is 1.45. The van der Waals surface area contributed by atoms with Crippen molar-refractivity contribution in [3.05, 3.63) is 75.6 Å². The molecular weight excluding hydrogens is 387 g/mol. The summed E-state index contributed by atoms with van der Waals surface area (Å²) in [4.78, 5) is 4.41. The Bertz CT molecular complexity index is 857. The van der Waals surface area contributed by atoms with E-state index in [2.05, 4.69) is 33.7 Å². The van der Waals surface area contributed by atoms with Gasteiger partial charge in [0.25, 0.3) is 0 Å². The molecule has 0 aliphatic carbocycles. The van der Waals surface area contributed by atoms with Crippen molar-refractivity contribution in [3.8, 4) is 17.4 Å². The number of nitrogens with zero attached hydrogens (tertiary/aromatic N) is 2. The Morgan fingerprint density at radius 3 is 2.59 bits per heavy atom. The number of benzene rings is 2. The summed E-state index contributed by atoms with van der Waals surface area (Å²) < 4.78 is 6.90. The lowest BCUT2D eigenvalue weighted by molar-refractivity contribution is 0.575. The molecule has 0 fully saturated rings. The van der Waals surface area contributed by atoms with Crippen LogP contribution in [-0.4, -0.2) is 6.21 Å². The van der Waals surface area contributed by atoms with Crippen molar-refractivity contribution < 1.29 is 4.42 Å². The third-order valence-corrected chi connectivity index (χ3v) is 3.75. The van der Waals surface area contributed by atoms with Crippen molar-refractivity contribution in [3.63, 3.8) is 0 Å². The highest BCUT2D eigenvalue weighted by Gasteiger charge is 2.03. The number of nitriles is 1. The number of hydrogen-bond acceptors (Lipinski definition) is 3. The van der Waals surface area contributed by atoms with E-state index in [0.717, 1.165) is 20.6 Å². The zero-order valence-electron chi connectivity index (χ0n) is 11.5. The number of furan rings is 1. The molecule has 0 saturated carbocycles. The molecule has 1 aromatic heterocycles. The minimum Gasteiger partial charge on any atom is -0.455 e. The van der Waals surface area contributed by atoms with Crippen molar-refractivity contribution in [1.29, 1.82) is 5.26 Å². The van der Waals surface area contributed by atoms with Gasteiger partial charge in [-0.15, -0.1) is 0 Å². The van der Waals surface area contributed by atoms with E-state index < -0.39 is 0 Å². The molecule has 0 atom stereocenters. The van der Waals surface area contributed by atoms with Gasteiger partial charge in [0.2, 0.25) is 0 Å². The molecule has 0 aliphatic heterocycles.